The smallest absolute Gasteiger partial charge is 0.103 e. The molecule has 0 heterocycles. The van der Waals surface area contributed by atoms with Gasteiger partial charge in [0.2, 0.25) is 0 Å². The highest BCUT2D eigenvalue weighted by Crippen LogP contribution is 2.34. The van der Waals surface area contributed by atoms with E-state index in [0.29, 0.717) is 0 Å². The molecule has 0 radical (unpaired) electrons. The zero-order valence-electron chi connectivity index (χ0n) is 9.38. The summed E-state index contributed by atoms with van der Waals surface area (Å²) in [6, 6.07) is 0. The van der Waals surface area contributed by atoms with Crippen molar-refractivity contribution in [1.82, 2.24) is 0 Å². The van der Waals surface area contributed by atoms with E-state index in [1.165, 1.54) is 12.8 Å². The van der Waals surface area contributed by atoms with Crippen LogP contribution in [0.5, 0.6) is 0 Å². The number of ether oxygens (including phenoxy) is 1. The highest BCUT2D eigenvalue weighted by Gasteiger charge is 2.38. The molecular weight excluding hydrogens is 176 g/mol. The van der Waals surface area contributed by atoms with Crippen molar-refractivity contribution in [3.05, 3.63) is 12.2 Å². The van der Waals surface area contributed by atoms with Crippen LogP contribution in [-0.4, -0.2) is 23.9 Å². The Morgan fingerprint density at radius 2 is 1.79 bits per heavy atom. The van der Waals surface area contributed by atoms with Gasteiger partial charge in [-0.15, -0.1) is 0 Å². The first-order chi connectivity index (χ1) is 6.62. The van der Waals surface area contributed by atoms with Gasteiger partial charge in [-0.1, -0.05) is 32.3 Å². The second-order valence-electron chi connectivity index (χ2n) is 4.43. The van der Waals surface area contributed by atoms with Crippen LogP contribution in [-0.2, 0) is 4.74 Å². The number of rotatable bonds is 3. The van der Waals surface area contributed by atoms with E-state index >= 15 is 0 Å². The Labute approximate surface area is 87.0 Å². The Balaban J connectivity index is 2.76. The first kappa shape index (κ1) is 11.7. The van der Waals surface area contributed by atoms with Crippen LogP contribution in [0.1, 0.15) is 45.4 Å². The highest BCUT2D eigenvalue weighted by molar-refractivity contribution is 5.08. The standard InChI is InChI=1S/C12H22O2/c1-10(2)11(13)12(14-3)8-6-4-5-7-9-12/h11,13H,1,4-9H2,2-3H3. The monoisotopic (exact) mass is 198 g/mol. The van der Waals surface area contributed by atoms with Gasteiger partial charge in [-0.25, -0.2) is 0 Å². The van der Waals surface area contributed by atoms with E-state index in [4.69, 9.17) is 4.74 Å². The molecular formula is C12H22O2. The van der Waals surface area contributed by atoms with Crippen molar-refractivity contribution in [1.29, 1.82) is 0 Å². The Morgan fingerprint density at radius 3 is 2.14 bits per heavy atom. The highest BCUT2D eigenvalue weighted by atomic mass is 16.5. The third-order valence-electron chi connectivity index (χ3n) is 3.32. The average Bonchev–Trinajstić information content (AvgIpc) is 2.42. The molecule has 0 aromatic heterocycles. The Kier molecular flexibility index (Phi) is 4.14. The molecule has 0 saturated heterocycles. The van der Waals surface area contributed by atoms with Gasteiger partial charge in [-0.05, 0) is 25.3 Å². The molecule has 14 heavy (non-hydrogen) atoms. The first-order valence-electron chi connectivity index (χ1n) is 5.51. The molecule has 0 aliphatic heterocycles. The van der Waals surface area contributed by atoms with Crippen molar-refractivity contribution in [2.24, 2.45) is 0 Å². The maximum Gasteiger partial charge on any atom is 0.103 e. The molecule has 1 aliphatic carbocycles. The third-order valence-corrected chi connectivity index (χ3v) is 3.32. The molecule has 82 valence electrons. The van der Waals surface area contributed by atoms with E-state index in [1.807, 2.05) is 6.92 Å². The molecule has 1 saturated carbocycles. The normalized spacial score (nSPS) is 23.9. The zero-order valence-corrected chi connectivity index (χ0v) is 9.38. The van der Waals surface area contributed by atoms with Crippen molar-refractivity contribution in [3.8, 4) is 0 Å². The predicted molar refractivity (Wildman–Crippen MR) is 58.3 cm³/mol. The van der Waals surface area contributed by atoms with Crippen LogP contribution < -0.4 is 0 Å². The lowest BCUT2D eigenvalue weighted by atomic mass is 9.85. The fourth-order valence-corrected chi connectivity index (χ4v) is 2.37. The quantitative estimate of drug-likeness (QED) is 0.558. The van der Waals surface area contributed by atoms with Crippen molar-refractivity contribution in [2.45, 2.75) is 57.2 Å². The number of hydrogen-bond acceptors (Lipinski definition) is 2. The summed E-state index contributed by atoms with van der Waals surface area (Å²) in [5.74, 6) is 0. The summed E-state index contributed by atoms with van der Waals surface area (Å²) in [7, 11) is 1.71. The number of hydrogen-bond donors (Lipinski definition) is 1. The van der Waals surface area contributed by atoms with Gasteiger partial charge in [-0.2, -0.15) is 0 Å². The van der Waals surface area contributed by atoms with Gasteiger partial charge >= 0.3 is 0 Å². The lowest BCUT2D eigenvalue weighted by Crippen LogP contribution is -2.44. The van der Waals surface area contributed by atoms with E-state index < -0.39 is 6.10 Å². The molecule has 1 rings (SSSR count). The average molecular weight is 198 g/mol. The molecule has 2 heteroatoms. The van der Waals surface area contributed by atoms with Crippen LogP contribution in [0.2, 0.25) is 0 Å². The lowest BCUT2D eigenvalue weighted by Gasteiger charge is -2.36. The van der Waals surface area contributed by atoms with Crippen LogP contribution in [0.3, 0.4) is 0 Å². The van der Waals surface area contributed by atoms with E-state index in [9.17, 15) is 5.11 Å². The molecule has 1 aliphatic rings. The summed E-state index contributed by atoms with van der Waals surface area (Å²) in [6.07, 6.45) is 6.22. The van der Waals surface area contributed by atoms with Gasteiger partial charge in [0.15, 0.2) is 0 Å². The summed E-state index contributed by atoms with van der Waals surface area (Å²) >= 11 is 0. The summed E-state index contributed by atoms with van der Waals surface area (Å²) in [5, 5.41) is 10.1. The lowest BCUT2D eigenvalue weighted by molar-refractivity contribution is -0.0965. The summed E-state index contributed by atoms with van der Waals surface area (Å²) in [4.78, 5) is 0. The molecule has 1 unspecified atom stereocenters. The predicted octanol–water partition coefficient (Wildman–Crippen LogP) is 2.66. The summed E-state index contributed by atoms with van der Waals surface area (Å²) in [6.45, 7) is 5.70. The van der Waals surface area contributed by atoms with Crippen LogP contribution in [0.15, 0.2) is 12.2 Å². The van der Waals surface area contributed by atoms with Gasteiger partial charge in [0.1, 0.15) is 6.10 Å². The van der Waals surface area contributed by atoms with Crippen LogP contribution in [0.4, 0.5) is 0 Å². The third kappa shape index (κ3) is 2.37. The minimum absolute atomic E-state index is 0.359. The second-order valence-corrected chi connectivity index (χ2v) is 4.43. The van der Waals surface area contributed by atoms with E-state index in [2.05, 4.69) is 6.58 Å². The molecule has 0 aromatic carbocycles. The second kappa shape index (κ2) is 4.94. The van der Waals surface area contributed by atoms with E-state index in [1.54, 1.807) is 7.11 Å². The van der Waals surface area contributed by atoms with Gasteiger partial charge in [0.25, 0.3) is 0 Å². The Bertz CT molecular complexity index is 190. The molecule has 0 amide bonds. The fraction of sp³-hybridized carbons (Fsp3) is 0.833. The minimum atomic E-state index is -0.509. The molecule has 1 fully saturated rings. The van der Waals surface area contributed by atoms with Gasteiger partial charge in [-0.3, -0.25) is 0 Å². The van der Waals surface area contributed by atoms with Crippen LogP contribution in [0, 0.1) is 0 Å². The Morgan fingerprint density at radius 1 is 1.29 bits per heavy atom. The molecule has 2 nitrogen and oxygen atoms in total. The molecule has 1 atom stereocenters. The summed E-state index contributed by atoms with van der Waals surface area (Å²) < 4.78 is 5.57. The number of aliphatic hydroxyl groups is 1. The van der Waals surface area contributed by atoms with Crippen molar-refractivity contribution in [2.75, 3.05) is 7.11 Å². The largest absolute Gasteiger partial charge is 0.386 e. The number of aliphatic hydroxyl groups excluding tert-OH is 1. The van der Waals surface area contributed by atoms with E-state index in [0.717, 1.165) is 31.3 Å². The Hall–Kier alpha value is -0.340. The molecule has 0 bridgehead atoms. The van der Waals surface area contributed by atoms with Crippen molar-refractivity contribution < 1.29 is 9.84 Å². The van der Waals surface area contributed by atoms with Gasteiger partial charge in [0, 0.05) is 7.11 Å². The van der Waals surface area contributed by atoms with Crippen molar-refractivity contribution >= 4 is 0 Å². The maximum absolute atomic E-state index is 10.1. The number of methoxy groups -OCH3 is 1. The maximum atomic E-state index is 10.1. The molecule has 0 aromatic rings. The molecule has 1 N–H and O–H groups in total. The van der Waals surface area contributed by atoms with Crippen LogP contribution >= 0.6 is 0 Å². The zero-order chi connectivity index (χ0) is 10.6. The SMILES string of the molecule is C=C(C)C(O)C1(OC)CCCCCC1. The van der Waals surface area contributed by atoms with Gasteiger partial charge in [0.05, 0.1) is 5.60 Å². The first-order valence-corrected chi connectivity index (χ1v) is 5.51. The topological polar surface area (TPSA) is 29.5 Å². The molecule has 0 spiro atoms. The van der Waals surface area contributed by atoms with E-state index in [-0.39, 0.29) is 5.60 Å². The van der Waals surface area contributed by atoms with Crippen molar-refractivity contribution in [3.63, 3.8) is 0 Å². The summed E-state index contributed by atoms with van der Waals surface area (Å²) in [5.41, 5.74) is 0.455. The fourth-order valence-electron chi connectivity index (χ4n) is 2.37. The van der Waals surface area contributed by atoms with Crippen LogP contribution in [0.25, 0.3) is 0 Å². The van der Waals surface area contributed by atoms with Gasteiger partial charge < -0.3 is 9.84 Å². The minimum Gasteiger partial charge on any atom is -0.386 e.